The Hall–Kier alpha value is 0.580. The first-order chi connectivity index (χ1) is 17.0. The van der Waals surface area contributed by atoms with Crippen LogP contribution in [0.5, 0.6) is 0 Å². The van der Waals surface area contributed by atoms with E-state index in [4.69, 9.17) is 13.8 Å². The predicted octanol–water partition coefficient (Wildman–Crippen LogP) is 5.41. The van der Waals surface area contributed by atoms with Gasteiger partial charge in [-0.15, -0.1) is 0 Å². The van der Waals surface area contributed by atoms with Crippen molar-refractivity contribution in [1.82, 2.24) is 0 Å². The molecule has 1 heterocycles. The van der Waals surface area contributed by atoms with Crippen LogP contribution in [0.25, 0.3) is 0 Å². The summed E-state index contributed by atoms with van der Waals surface area (Å²) in [4.78, 5) is 23.6. The van der Waals surface area contributed by atoms with Gasteiger partial charge in [0, 0.05) is 6.42 Å². The van der Waals surface area contributed by atoms with Gasteiger partial charge >= 0.3 is 35.5 Å². The topological polar surface area (TPSA) is 84.9 Å². The molecule has 208 valence electrons. The normalized spacial score (nSPS) is 21.4. The van der Waals surface area contributed by atoms with E-state index in [0.29, 0.717) is 19.4 Å². The van der Waals surface area contributed by atoms with Gasteiger partial charge in [-0.25, -0.2) is 0 Å². The van der Waals surface area contributed by atoms with Crippen LogP contribution < -0.4 is 34.5 Å². The molecule has 0 aromatic carbocycles. The van der Waals surface area contributed by atoms with Crippen LogP contribution in [0.15, 0.2) is 0 Å². The maximum absolute atomic E-state index is 11.9. The van der Waals surface area contributed by atoms with Crippen molar-refractivity contribution in [2.24, 2.45) is 0 Å². The maximum Gasteiger partial charge on any atom is 1.00 e. The Labute approximate surface area is 244 Å². The monoisotopic (exact) mass is 540 g/mol. The molecule has 36 heavy (non-hydrogen) atoms. The van der Waals surface area contributed by atoms with E-state index in [1.54, 1.807) is 0 Å². The molecule has 0 saturated carbocycles. The Morgan fingerprint density at radius 3 is 1.53 bits per heavy atom. The molecule has 0 aromatic rings. The number of phosphoric acid groups is 1. The Kier molecular flexibility index (Phi) is 25.0. The summed E-state index contributed by atoms with van der Waals surface area (Å²) in [6.07, 6.45) is 23.2. The average molecular weight is 541 g/mol. The van der Waals surface area contributed by atoms with Crippen molar-refractivity contribution in [2.75, 3.05) is 6.61 Å². The summed E-state index contributed by atoms with van der Waals surface area (Å²) < 4.78 is 27.6. The van der Waals surface area contributed by atoms with Crippen molar-refractivity contribution in [2.45, 2.75) is 167 Å². The van der Waals surface area contributed by atoms with Gasteiger partial charge in [-0.3, -0.25) is 9.36 Å². The van der Waals surface area contributed by atoms with E-state index in [1.165, 1.54) is 64.2 Å². The van der Waals surface area contributed by atoms with Crippen LogP contribution in [-0.2, 0) is 23.1 Å². The minimum atomic E-state index is -4.12. The summed E-state index contributed by atoms with van der Waals surface area (Å²) >= 11 is 0. The second-order valence-corrected chi connectivity index (χ2v) is 11.6. The Morgan fingerprint density at radius 1 is 0.667 bits per heavy atom. The zero-order valence-corrected chi connectivity index (χ0v) is 26.7. The summed E-state index contributed by atoms with van der Waals surface area (Å²) in [7, 11) is -4.12. The molecule has 3 unspecified atom stereocenters. The molecule has 0 bridgehead atoms. The van der Waals surface area contributed by atoms with Crippen molar-refractivity contribution >= 4 is 13.8 Å². The number of carbonyl (C=O) groups excluding carboxylic acids is 1. The molecule has 6 nitrogen and oxygen atoms in total. The fraction of sp³-hybridized carbons (Fsp3) is 0.964. The van der Waals surface area contributed by atoms with Gasteiger partial charge in [0.05, 0.1) is 18.8 Å². The summed E-state index contributed by atoms with van der Waals surface area (Å²) in [6, 6.07) is 0. The summed E-state index contributed by atoms with van der Waals surface area (Å²) in [5, 5.41) is 0. The predicted molar refractivity (Wildman–Crippen MR) is 141 cm³/mol. The smallest absolute Gasteiger partial charge is 0.756 e. The summed E-state index contributed by atoms with van der Waals surface area (Å²) in [6.45, 7) is 4.99. The average Bonchev–Trinajstić information content (AvgIpc) is 3.12. The quantitative estimate of drug-likeness (QED) is 0.0705. The molecule has 0 N–H and O–H groups in total. The summed E-state index contributed by atoms with van der Waals surface area (Å²) in [5.74, 6) is -0.0758. The van der Waals surface area contributed by atoms with E-state index in [9.17, 15) is 14.3 Å². The van der Waals surface area contributed by atoms with E-state index in [-0.39, 0.29) is 47.7 Å². The molecule has 3 atom stereocenters. The Balaban J connectivity index is 0.0000122. The molecule has 0 radical (unpaired) electrons. The number of carbonyl (C=O) groups is 1. The van der Waals surface area contributed by atoms with Crippen molar-refractivity contribution < 1.29 is 57.6 Å². The molecular weight excluding hydrogens is 486 g/mol. The second kappa shape index (κ2) is 24.6. The molecule has 0 aromatic heterocycles. The van der Waals surface area contributed by atoms with Gasteiger partial charge in [0.2, 0.25) is 0 Å². The molecule has 1 rings (SSSR count). The first-order valence-electron chi connectivity index (χ1n) is 14.8. The van der Waals surface area contributed by atoms with Gasteiger partial charge in [0.25, 0.3) is 7.82 Å². The van der Waals surface area contributed by atoms with Crippen LogP contribution >= 0.6 is 7.82 Å². The van der Waals surface area contributed by atoms with Gasteiger partial charge in [-0.2, -0.15) is 0 Å². The van der Waals surface area contributed by atoms with Gasteiger partial charge in [-0.05, 0) is 25.7 Å². The molecule has 8 heteroatoms. The number of esters is 1. The van der Waals surface area contributed by atoms with Gasteiger partial charge in [0.1, 0.15) is 0 Å². The molecular formula is C28H54NaO6P. The zero-order chi connectivity index (χ0) is 25.6. The van der Waals surface area contributed by atoms with E-state index in [2.05, 4.69) is 13.8 Å². The first kappa shape index (κ1) is 36.6. The maximum atomic E-state index is 11.9. The fourth-order valence-corrected chi connectivity index (χ4v) is 5.93. The largest absolute Gasteiger partial charge is 1.00 e. The van der Waals surface area contributed by atoms with Crippen LogP contribution in [0.2, 0.25) is 0 Å². The van der Waals surface area contributed by atoms with Crippen molar-refractivity contribution in [3.05, 3.63) is 0 Å². The minimum absolute atomic E-state index is 0. The summed E-state index contributed by atoms with van der Waals surface area (Å²) in [5.41, 5.74) is 0. The van der Waals surface area contributed by atoms with Crippen molar-refractivity contribution in [3.8, 4) is 0 Å². The zero-order valence-electron chi connectivity index (χ0n) is 23.8. The molecule has 0 spiro atoms. The molecule has 0 aliphatic carbocycles. The number of hydrogen-bond donors (Lipinski definition) is 0. The third kappa shape index (κ3) is 20.5. The third-order valence-electron chi connectivity index (χ3n) is 6.92. The minimum Gasteiger partial charge on any atom is -0.756 e. The Morgan fingerprint density at radius 2 is 1.06 bits per heavy atom. The SMILES string of the molecule is CCCCCCCCCCOC(=O)CCCCCCCC1OP(=O)([O-])OC1CCCCCCCC.[Na+]. The molecule has 0 amide bonds. The standard InChI is InChI=1S/C28H55O6P.Na/c1-3-5-7-9-11-12-17-21-25-32-28(29)24-20-16-13-15-19-23-27-26(33-35(30,31)34-27)22-18-14-10-8-6-4-2;/h26-27H,3-25H2,1-2H3,(H,30,31);/q;+1/p-1. The molecule has 1 saturated heterocycles. The molecule has 1 fully saturated rings. The van der Waals surface area contributed by atoms with Crippen LogP contribution in [0.3, 0.4) is 0 Å². The van der Waals surface area contributed by atoms with E-state index >= 15 is 0 Å². The fourth-order valence-electron chi connectivity index (χ4n) is 4.73. The number of rotatable bonds is 24. The van der Waals surface area contributed by atoms with Crippen LogP contribution in [0, 0.1) is 0 Å². The number of unbranched alkanes of at least 4 members (excludes halogenated alkanes) is 16. The van der Waals surface area contributed by atoms with E-state index in [1.807, 2.05) is 0 Å². The molecule has 1 aliphatic rings. The van der Waals surface area contributed by atoms with Crippen LogP contribution in [0.1, 0.15) is 155 Å². The van der Waals surface area contributed by atoms with E-state index < -0.39 is 7.82 Å². The second-order valence-electron chi connectivity index (χ2n) is 10.3. The van der Waals surface area contributed by atoms with Crippen LogP contribution in [-0.4, -0.2) is 24.8 Å². The number of hydrogen-bond acceptors (Lipinski definition) is 6. The Bertz CT molecular complexity index is 562. The first-order valence-corrected chi connectivity index (χ1v) is 16.3. The number of ether oxygens (including phenoxy) is 1. The third-order valence-corrected chi connectivity index (χ3v) is 7.97. The van der Waals surface area contributed by atoms with Gasteiger partial charge in [0.15, 0.2) is 0 Å². The van der Waals surface area contributed by atoms with Crippen molar-refractivity contribution in [3.63, 3.8) is 0 Å². The van der Waals surface area contributed by atoms with Crippen molar-refractivity contribution in [1.29, 1.82) is 0 Å². The van der Waals surface area contributed by atoms with Gasteiger partial charge in [-0.1, -0.05) is 123 Å². The number of phosphoric ester groups is 1. The molecule has 1 aliphatic heterocycles. The van der Waals surface area contributed by atoms with Gasteiger partial charge < -0.3 is 18.7 Å². The van der Waals surface area contributed by atoms with Crippen LogP contribution in [0.4, 0.5) is 0 Å². The van der Waals surface area contributed by atoms with E-state index in [0.717, 1.165) is 64.2 Å².